The van der Waals surface area contributed by atoms with Crippen LogP contribution in [0.3, 0.4) is 0 Å². The second-order valence-corrected chi connectivity index (χ2v) is 9.29. The summed E-state index contributed by atoms with van der Waals surface area (Å²) < 4.78 is 8.06. The van der Waals surface area contributed by atoms with Crippen molar-refractivity contribution in [2.45, 2.75) is 51.9 Å². The van der Waals surface area contributed by atoms with Gasteiger partial charge in [-0.1, -0.05) is 67.0 Å². The van der Waals surface area contributed by atoms with Gasteiger partial charge in [-0.15, -0.1) is 10.2 Å². The molecule has 9 heteroatoms. The molecule has 0 spiro atoms. The molecule has 0 bridgehead atoms. The molecule has 0 saturated heterocycles. The number of hydrogen-bond acceptors (Lipinski definition) is 5. The van der Waals surface area contributed by atoms with Crippen LogP contribution in [0.25, 0.3) is 0 Å². The van der Waals surface area contributed by atoms with Gasteiger partial charge in [0.15, 0.2) is 11.0 Å². The molecule has 0 radical (unpaired) electrons. The number of rotatable bonds is 9. The molecular weight excluding hydrogens is 467 g/mol. The van der Waals surface area contributed by atoms with Gasteiger partial charge in [-0.3, -0.25) is 4.79 Å². The Labute approximate surface area is 202 Å². The molecule has 0 aliphatic rings. The Morgan fingerprint density at radius 3 is 2.72 bits per heavy atom. The summed E-state index contributed by atoms with van der Waals surface area (Å²) in [4.78, 5) is 12.4. The lowest BCUT2D eigenvalue weighted by Gasteiger charge is -2.15. The van der Waals surface area contributed by atoms with E-state index < -0.39 is 0 Å². The average Bonchev–Trinajstić information content (AvgIpc) is 3.15. The molecule has 0 unspecified atom stereocenters. The molecule has 0 fully saturated rings. The van der Waals surface area contributed by atoms with Gasteiger partial charge in [-0.2, -0.15) is 0 Å². The normalized spacial score (nSPS) is 11.1. The lowest BCUT2D eigenvalue weighted by molar-refractivity contribution is -0.113. The summed E-state index contributed by atoms with van der Waals surface area (Å²) in [5.74, 6) is 1.88. The molecule has 0 atom stereocenters. The summed E-state index contributed by atoms with van der Waals surface area (Å²) in [5.41, 5.74) is 2.78. The van der Waals surface area contributed by atoms with Crippen molar-refractivity contribution in [3.05, 3.63) is 63.4 Å². The molecule has 0 aliphatic carbocycles. The molecule has 1 aromatic heterocycles. The Morgan fingerprint density at radius 1 is 1.22 bits per heavy atom. The molecular formula is C23H26Cl2N4O2S. The first-order valence-corrected chi connectivity index (χ1v) is 12.1. The number of halogens is 2. The summed E-state index contributed by atoms with van der Waals surface area (Å²) in [7, 11) is 0. The number of nitrogens with zero attached hydrogens (tertiary/aromatic N) is 3. The lowest BCUT2D eigenvalue weighted by Crippen LogP contribution is -2.15. The fraction of sp³-hybridized carbons (Fsp3) is 0.348. The summed E-state index contributed by atoms with van der Waals surface area (Å²) in [5, 5.41) is 12.7. The van der Waals surface area contributed by atoms with Gasteiger partial charge in [0.05, 0.1) is 21.5 Å². The summed E-state index contributed by atoms with van der Waals surface area (Å²) in [6.07, 6.45) is 0. The highest BCUT2D eigenvalue weighted by molar-refractivity contribution is 7.99. The molecule has 3 rings (SSSR count). The Bertz CT molecular complexity index is 1100. The van der Waals surface area contributed by atoms with Crippen molar-refractivity contribution in [3.8, 4) is 5.75 Å². The number of aryl methyl sites for hydroxylation is 1. The Balaban J connectivity index is 1.64. The summed E-state index contributed by atoms with van der Waals surface area (Å²) in [6.45, 7) is 9.30. The molecule has 0 saturated carbocycles. The van der Waals surface area contributed by atoms with Gasteiger partial charge in [-0.25, -0.2) is 0 Å². The van der Waals surface area contributed by atoms with E-state index in [1.54, 1.807) is 18.2 Å². The third-order valence-electron chi connectivity index (χ3n) is 4.82. The van der Waals surface area contributed by atoms with E-state index in [0.29, 0.717) is 45.8 Å². The minimum Gasteiger partial charge on any atom is -0.485 e. The topological polar surface area (TPSA) is 69.0 Å². The van der Waals surface area contributed by atoms with E-state index in [1.807, 2.05) is 24.5 Å². The summed E-state index contributed by atoms with van der Waals surface area (Å²) >= 11 is 13.4. The van der Waals surface area contributed by atoms with Gasteiger partial charge in [0.25, 0.3) is 0 Å². The quantitative estimate of drug-likeness (QED) is 0.352. The van der Waals surface area contributed by atoms with Crippen molar-refractivity contribution < 1.29 is 9.53 Å². The lowest BCUT2D eigenvalue weighted by atomic mass is 10.0. The zero-order valence-corrected chi connectivity index (χ0v) is 20.8. The van der Waals surface area contributed by atoms with E-state index >= 15 is 0 Å². The highest BCUT2D eigenvalue weighted by Crippen LogP contribution is 2.30. The number of carbonyl (C=O) groups is 1. The molecule has 170 valence electrons. The van der Waals surface area contributed by atoms with Crippen LogP contribution in [0.1, 0.15) is 43.6 Å². The zero-order valence-electron chi connectivity index (χ0n) is 18.5. The van der Waals surface area contributed by atoms with Gasteiger partial charge < -0.3 is 14.6 Å². The molecule has 1 heterocycles. The van der Waals surface area contributed by atoms with Crippen LogP contribution in [0.15, 0.2) is 41.6 Å². The molecule has 1 N–H and O–H groups in total. The maximum absolute atomic E-state index is 12.4. The first-order valence-electron chi connectivity index (χ1n) is 10.3. The van der Waals surface area contributed by atoms with Crippen molar-refractivity contribution in [3.63, 3.8) is 0 Å². The van der Waals surface area contributed by atoms with Gasteiger partial charge in [0.1, 0.15) is 12.4 Å². The zero-order chi connectivity index (χ0) is 23.3. The van der Waals surface area contributed by atoms with E-state index in [1.165, 1.54) is 11.8 Å². The number of hydrogen-bond donors (Lipinski definition) is 1. The molecule has 2 aromatic carbocycles. The third-order valence-corrected chi connectivity index (χ3v) is 6.60. The smallest absolute Gasteiger partial charge is 0.234 e. The fourth-order valence-electron chi connectivity index (χ4n) is 3.15. The van der Waals surface area contributed by atoms with Crippen molar-refractivity contribution in [2.75, 3.05) is 11.1 Å². The number of nitrogens with one attached hydrogen (secondary N) is 1. The van der Waals surface area contributed by atoms with Crippen molar-refractivity contribution in [2.24, 2.45) is 0 Å². The van der Waals surface area contributed by atoms with E-state index in [4.69, 9.17) is 27.9 Å². The van der Waals surface area contributed by atoms with Crippen LogP contribution in [0.4, 0.5) is 5.69 Å². The van der Waals surface area contributed by atoms with Gasteiger partial charge in [0.2, 0.25) is 5.91 Å². The van der Waals surface area contributed by atoms with Gasteiger partial charge >= 0.3 is 0 Å². The highest BCUT2D eigenvalue weighted by Gasteiger charge is 2.16. The number of ether oxygens (including phenoxy) is 1. The molecule has 1 amide bonds. The Morgan fingerprint density at radius 2 is 2.00 bits per heavy atom. The number of benzene rings is 2. The van der Waals surface area contributed by atoms with Gasteiger partial charge in [0, 0.05) is 6.54 Å². The second kappa shape index (κ2) is 11.1. The van der Waals surface area contributed by atoms with E-state index in [0.717, 1.165) is 16.9 Å². The maximum atomic E-state index is 12.4. The minimum atomic E-state index is -0.205. The van der Waals surface area contributed by atoms with Crippen molar-refractivity contribution in [1.29, 1.82) is 0 Å². The third kappa shape index (κ3) is 5.97. The maximum Gasteiger partial charge on any atom is 0.234 e. The van der Waals surface area contributed by atoms with Crippen LogP contribution in [0.2, 0.25) is 10.0 Å². The number of carbonyl (C=O) groups excluding carboxylic acids is 1. The van der Waals surface area contributed by atoms with E-state index in [2.05, 4.69) is 41.5 Å². The van der Waals surface area contributed by atoms with Crippen LogP contribution >= 0.6 is 35.0 Å². The SMILES string of the molecule is CCn1c(COc2cc(C)ccc2C(C)C)nnc1SCC(=O)Nc1cccc(Cl)c1Cl. The van der Waals surface area contributed by atoms with Crippen molar-refractivity contribution in [1.82, 2.24) is 14.8 Å². The van der Waals surface area contributed by atoms with Gasteiger partial charge in [-0.05, 0) is 49.1 Å². The molecule has 32 heavy (non-hydrogen) atoms. The van der Waals surface area contributed by atoms with Crippen LogP contribution in [-0.2, 0) is 17.9 Å². The predicted molar refractivity (Wildman–Crippen MR) is 131 cm³/mol. The standard InChI is InChI=1S/C23H26Cl2N4O2S/c1-5-29-20(12-31-19-11-15(4)9-10-16(19)14(2)3)27-28-23(29)32-13-21(30)26-18-8-6-7-17(24)22(18)25/h6-11,14H,5,12-13H2,1-4H3,(H,26,30). The minimum absolute atomic E-state index is 0.164. The second-order valence-electron chi connectivity index (χ2n) is 7.57. The van der Waals surface area contributed by atoms with Crippen LogP contribution in [-0.4, -0.2) is 26.4 Å². The molecule has 6 nitrogen and oxygen atoms in total. The molecule has 0 aliphatic heterocycles. The van der Waals surface area contributed by atoms with Crippen LogP contribution in [0, 0.1) is 6.92 Å². The van der Waals surface area contributed by atoms with E-state index in [-0.39, 0.29) is 11.7 Å². The van der Waals surface area contributed by atoms with E-state index in [9.17, 15) is 4.79 Å². The Hall–Kier alpha value is -2.22. The highest BCUT2D eigenvalue weighted by atomic mass is 35.5. The number of anilines is 1. The Kier molecular flexibility index (Phi) is 8.45. The first kappa shape index (κ1) is 24.4. The first-order chi connectivity index (χ1) is 15.3. The average molecular weight is 493 g/mol. The molecule has 3 aromatic rings. The number of amides is 1. The summed E-state index contributed by atoms with van der Waals surface area (Å²) in [6, 6.07) is 11.3. The fourth-order valence-corrected chi connectivity index (χ4v) is 4.32. The number of thioether (sulfide) groups is 1. The predicted octanol–water partition coefficient (Wildman–Crippen LogP) is 6.35. The largest absolute Gasteiger partial charge is 0.485 e. The van der Waals surface area contributed by atoms with Crippen molar-refractivity contribution >= 4 is 46.6 Å². The monoisotopic (exact) mass is 492 g/mol. The van der Waals surface area contributed by atoms with Crippen LogP contribution in [0.5, 0.6) is 5.75 Å². The number of aromatic nitrogens is 3. The van der Waals surface area contributed by atoms with Crippen LogP contribution < -0.4 is 10.1 Å².